The molecule has 0 unspecified atom stereocenters. The van der Waals surface area contributed by atoms with Crippen LogP contribution in [0.5, 0.6) is 0 Å². The number of allylic oxidation sites excluding steroid dienone is 2. The quantitative estimate of drug-likeness (QED) is 0.287. The van der Waals surface area contributed by atoms with Crippen LogP contribution in [-0.2, 0) is 6.18 Å². The Kier molecular flexibility index (Phi) is 6.57. The minimum absolute atomic E-state index is 0.0485. The fourth-order valence-electron chi connectivity index (χ4n) is 1.99. The predicted octanol–water partition coefficient (Wildman–Crippen LogP) is 5.86. The molecule has 0 saturated heterocycles. The Hall–Kier alpha value is -2.87. The van der Waals surface area contributed by atoms with Gasteiger partial charge in [-0.2, -0.15) is 13.2 Å². The van der Waals surface area contributed by atoms with Crippen molar-refractivity contribution in [3.63, 3.8) is 0 Å². The number of amidine groups is 1. The van der Waals surface area contributed by atoms with Gasteiger partial charge in [0.1, 0.15) is 23.2 Å². The van der Waals surface area contributed by atoms with Crippen LogP contribution in [0.4, 0.5) is 28.9 Å². The van der Waals surface area contributed by atoms with Crippen molar-refractivity contribution in [3.8, 4) is 0 Å². The minimum atomic E-state index is -4.50. The van der Waals surface area contributed by atoms with Gasteiger partial charge in [0.25, 0.3) is 0 Å². The van der Waals surface area contributed by atoms with Crippen molar-refractivity contribution in [1.29, 1.82) is 0 Å². The third kappa shape index (κ3) is 6.10. The van der Waals surface area contributed by atoms with Crippen molar-refractivity contribution in [2.24, 2.45) is 4.99 Å². The van der Waals surface area contributed by atoms with Gasteiger partial charge in [0.05, 0.1) is 16.9 Å². The number of nitrogens with zero attached hydrogens (tertiary/aromatic N) is 2. The second-order valence-electron chi connectivity index (χ2n) is 5.29. The lowest BCUT2D eigenvalue weighted by Crippen LogP contribution is -2.12. The molecular formula is C18H15ClF4N4. The number of halogens is 5. The molecule has 1 heterocycles. The molecule has 2 aromatic rings. The number of hydrogen-bond donors (Lipinski definition) is 2. The third-order valence-electron chi connectivity index (χ3n) is 3.14. The van der Waals surface area contributed by atoms with Gasteiger partial charge >= 0.3 is 6.18 Å². The van der Waals surface area contributed by atoms with Crippen LogP contribution in [0.3, 0.4) is 0 Å². The summed E-state index contributed by atoms with van der Waals surface area (Å²) in [6, 6.07) is 6.20. The van der Waals surface area contributed by atoms with Gasteiger partial charge in [-0.05, 0) is 43.3 Å². The van der Waals surface area contributed by atoms with Crippen LogP contribution in [0.1, 0.15) is 12.6 Å². The first-order valence-corrected chi connectivity index (χ1v) is 7.97. The molecule has 0 bridgehead atoms. The van der Waals surface area contributed by atoms with E-state index in [4.69, 9.17) is 11.6 Å². The number of rotatable bonds is 5. The zero-order valence-electron chi connectivity index (χ0n) is 14.1. The topological polar surface area (TPSA) is 49.3 Å². The molecule has 0 radical (unpaired) electrons. The van der Waals surface area contributed by atoms with E-state index < -0.39 is 17.7 Å². The molecule has 0 amide bonds. The van der Waals surface area contributed by atoms with Crippen LogP contribution in [0.2, 0.25) is 5.02 Å². The highest BCUT2D eigenvalue weighted by Crippen LogP contribution is 2.27. The van der Waals surface area contributed by atoms with E-state index in [0.717, 1.165) is 12.3 Å². The number of benzene rings is 1. The van der Waals surface area contributed by atoms with E-state index in [0.29, 0.717) is 23.0 Å². The molecule has 2 rings (SSSR count). The standard InChI is InChI=1S/C18H15ClF4N4/c1-3-4-17(27-12-5-7-15(20)14(19)9-12)26-11(2)25-13-6-8-16(24-10-13)18(21,22)23/h3-10,27H,1H2,2H3,(H,25,26)/b17-4+. The van der Waals surface area contributed by atoms with Gasteiger partial charge in [-0.25, -0.2) is 14.4 Å². The van der Waals surface area contributed by atoms with E-state index in [9.17, 15) is 17.6 Å². The average Bonchev–Trinajstić information content (AvgIpc) is 2.58. The lowest BCUT2D eigenvalue weighted by molar-refractivity contribution is -0.141. The van der Waals surface area contributed by atoms with E-state index in [-0.39, 0.29) is 5.02 Å². The first-order chi connectivity index (χ1) is 12.7. The molecule has 9 heteroatoms. The molecule has 1 aromatic carbocycles. The number of hydrogen-bond acceptors (Lipinski definition) is 3. The highest BCUT2D eigenvalue weighted by atomic mass is 35.5. The summed E-state index contributed by atoms with van der Waals surface area (Å²) in [6.07, 6.45) is -0.384. The van der Waals surface area contributed by atoms with Crippen LogP contribution >= 0.6 is 11.6 Å². The number of pyridine rings is 1. The van der Waals surface area contributed by atoms with Crippen molar-refractivity contribution in [2.45, 2.75) is 13.1 Å². The molecule has 0 aliphatic rings. The van der Waals surface area contributed by atoms with E-state index >= 15 is 0 Å². The molecule has 2 N–H and O–H groups in total. The summed E-state index contributed by atoms with van der Waals surface area (Å²) < 4.78 is 50.8. The molecule has 0 atom stereocenters. The van der Waals surface area contributed by atoms with Gasteiger partial charge in [-0.15, -0.1) is 0 Å². The smallest absolute Gasteiger partial charge is 0.343 e. The number of nitrogens with one attached hydrogen (secondary N) is 2. The second-order valence-corrected chi connectivity index (χ2v) is 5.70. The molecule has 0 saturated carbocycles. The maximum absolute atomic E-state index is 13.2. The number of aliphatic imine (C=N–C) groups is 1. The molecule has 0 aliphatic carbocycles. The van der Waals surface area contributed by atoms with E-state index in [1.165, 1.54) is 30.3 Å². The van der Waals surface area contributed by atoms with Crippen molar-refractivity contribution in [3.05, 3.63) is 77.6 Å². The molecule has 0 aliphatic heterocycles. The summed E-state index contributed by atoms with van der Waals surface area (Å²) in [5.74, 6) is 0.190. The summed E-state index contributed by atoms with van der Waals surface area (Å²) in [7, 11) is 0. The zero-order valence-corrected chi connectivity index (χ0v) is 14.9. The zero-order chi connectivity index (χ0) is 20.0. The van der Waals surface area contributed by atoms with Crippen molar-refractivity contribution < 1.29 is 17.6 Å². The summed E-state index contributed by atoms with van der Waals surface area (Å²) in [4.78, 5) is 7.64. The summed E-state index contributed by atoms with van der Waals surface area (Å²) in [5.41, 5.74) is -0.140. The Morgan fingerprint density at radius 1 is 1.19 bits per heavy atom. The van der Waals surface area contributed by atoms with Crippen molar-refractivity contribution >= 4 is 28.8 Å². The highest BCUT2D eigenvalue weighted by Gasteiger charge is 2.31. The van der Waals surface area contributed by atoms with E-state index in [1.54, 1.807) is 13.0 Å². The Balaban J connectivity index is 2.13. The third-order valence-corrected chi connectivity index (χ3v) is 3.42. The van der Waals surface area contributed by atoms with Crippen LogP contribution in [0.25, 0.3) is 0 Å². The maximum Gasteiger partial charge on any atom is 0.433 e. The van der Waals surface area contributed by atoms with Crippen LogP contribution in [0, 0.1) is 5.82 Å². The molecule has 27 heavy (non-hydrogen) atoms. The predicted molar refractivity (Wildman–Crippen MR) is 99.3 cm³/mol. The molecule has 0 fully saturated rings. The van der Waals surface area contributed by atoms with Gasteiger partial charge in [-0.1, -0.05) is 24.3 Å². The molecule has 1 aromatic heterocycles. The summed E-state index contributed by atoms with van der Waals surface area (Å²) >= 11 is 5.74. The lowest BCUT2D eigenvalue weighted by atomic mass is 10.3. The van der Waals surface area contributed by atoms with Crippen LogP contribution < -0.4 is 10.6 Å². The van der Waals surface area contributed by atoms with Crippen molar-refractivity contribution in [2.75, 3.05) is 10.6 Å². The van der Waals surface area contributed by atoms with Gasteiger partial charge < -0.3 is 10.6 Å². The van der Waals surface area contributed by atoms with Crippen molar-refractivity contribution in [1.82, 2.24) is 4.98 Å². The largest absolute Gasteiger partial charge is 0.433 e. The van der Waals surface area contributed by atoms with Gasteiger partial charge in [-0.3, -0.25) is 0 Å². The number of anilines is 2. The number of aromatic nitrogens is 1. The van der Waals surface area contributed by atoms with Crippen LogP contribution in [0.15, 0.2) is 66.1 Å². The lowest BCUT2D eigenvalue weighted by Gasteiger charge is -2.11. The Morgan fingerprint density at radius 2 is 1.89 bits per heavy atom. The monoisotopic (exact) mass is 398 g/mol. The first kappa shape index (κ1) is 20.4. The van der Waals surface area contributed by atoms with Gasteiger partial charge in [0.2, 0.25) is 0 Å². The highest BCUT2D eigenvalue weighted by molar-refractivity contribution is 6.31. The normalized spacial score (nSPS) is 12.7. The SMILES string of the molecule is C=C/C=C(\N=C(/C)Nc1ccc(C(F)(F)F)nc1)Nc1ccc(F)c(Cl)c1. The number of alkyl halides is 3. The van der Waals surface area contributed by atoms with E-state index in [2.05, 4.69) is 27.2 Å². The minimum Gasteiger partial charge on any atom is -0.343 e. The van der Waals surface area contributed by atoms with E-state index in [1.807, 2.05) is 0 Å². The van der Waals surface area contributed by atoms with Crippen LogP contribution in [-0.4, -0.2) is 10.8 Å². The van der Waals surface area contributed by atoms with Gasteiger partial charge in [0.15, 0.2) is 0 Å². The molecular weight excluding hydrogens is 384 g/mol. The maximum atomic E-state index is 13.2. The average molecular weight is 399 g/mol. The molecule has 0 spiro atoms. The first-order valence-electron chi connectivity index (χ1n) is 7.59. The molecule has 142 valence electrons. The summed E-state index contributed by atoms with van der Waals surface area (Å²) in [6.45, 7) is 5.21. The second kappa shape index (κ2) is 8.68. The Morgan fingerprint density at radius 3 is 2.44 bits per heavy atom. The summed E-state index contributed by atoms with van der Waals surface area (Å²) in [5, 5.41) is 5.73. The fourth-order valence-corrected chi connectivity index (χ4v) is 2.17. The molecule has 4 nitrogen and oxygen atoms in total. The van der Waals surface area contributed by atoms with Gasteiger partial charge in [0, 0.05) is 5.69 Å². The Labute approximate surface area is 158 Å². The fraction of sp³-hybridized carbons (Fsp3) is 0.111. The Bertz CT molecular complexity index is 874.